The van der Waals surface area contributed by atoms with Crippen LogP contribution in [0.3, 0.4) is 0 Å². The third kappa shape index (κ3) is 5.45. The number of nitrogens with zero attached hydrogens (tertiary/aromatic N) is 4. The molecule has 1 heterocycles. The number of hydrogen-bond donors (Lipinski definition) is 2. The zero-order valence-corrected chi connectivity index (χ0v) is 16.6. The minimum atomic E-state index is 0.00765. The first-order valence-corrected chi connectivity index (χ1v) is 8.86. The summed E-state index contributed by atoms with van der Waals surface area (Å²) in [6, 6.07) is 12.9. The summed E-state index contributed by atoms with van der Waals surface area (Å²) < 4.78 is 10.4. The van der Waals surface area contributed by atoms with E-state index in [4.69, 9.17) is 31.6 Å². The molecule has 0 aliphatic carbocycles. The van der Waals surface area contributed by atoms with E-state index < -0.39 is 0 Å². The van der Waals surface area contributed by atoms with E-state index in [2.05, 4.69) is 25.4 Å². The highest BCUT2D eigenvalue weighted by molar-refractivity contribution is 6.32. The normalized spacial score (nSPS) is 10.7. The summed E-state index contributed by atoms with van der Waals surface area (Å²) in [6.07, 6.45) is 1.49. The van der Waals surface area contributed by atoms with Crippen molar-refractivity contribution < 1.29 is 14.3 Å². The number of ether oxygens (including phenoxy) is 2. The van der Waals surface area contributed by atoms with E-state index in [-0.39, 0.29) is 12.6 Å². The number of para-hydroxylation sites is 1. The zero-order valence-electron chi connectivity index (χ0n) is 15.8. The maximum Gasteiger partial charge on any atom is 0.232 e. The van der Waals surface area contributed by atoms with Crippen LogP contribution in [0.15, 0.2) is 47.6 Å². The maximum absolute atomic E-state index is 6.17. The molecule has 0 amide bonds. The molecule has 9 nitrogen and oxygen atoms in total. The fourth-order valence-corrected chi connectivity index (χ4v) is 2.71. The highest BCUT2D eigenvalue weighted by atomic mass is 35.5. The Balaban J connectivity index is 1.65. The molecule has 0 atom stereocenters. The van der Waals surface area contributed by atoms with Crippen molar-refractivity contribution in [3.05, 3.63) is 58.9 Å². The van der Waals surface area contributed by atoms with Gasteiger partial charge in [0.1, 0.15) is 0 Å². The average Bonchev–Trinajstić information content (AvgIpc) is 2.71. The average molecular weight is 415 g/mol. The SMILES string of the molecule is COc1cc(/C=N\OCc2nc(N)nc(Nc3ccccc3)n2)cc(Cl)c1OC. The molecule has 0 aliphatic rings. The summed E-state index contributed by atoms with van der Waals surface area (Å²) in [5.41, 5.74) is 7.25. The van der Waals surface area contributed by atoms with Crippen molar-refractivity contribution in [1.82, 2.24) is 15.0 Å². The summed E-state index contributed by atoms with van der Waals surface area (Å²) in [7, 11) is 3.04. The van der Waals surface area contributed by atoms with Gasteiger partial charge in [-0.25, -0.2) is 0 Å². The molecular formula is C19H19ClN6O3. The molecule has 3 N–H and O–H groups in total. The first-order chi connectivity index (χ1) is 14.1. The number of benzene rings is 2. The lowest BCUT2D eigenvalue weighted by Crippen LogP contribution is -2.07. The number of methoxy groups -OCH3 is 2. The van der Waals surface area contributed by atoms with Crippen LogP contribution in [-0.2, 0) is 11.4 Å². The van der Waals surface area contributed by atoms with Gasteiger partial charge in [0.2, 0.25) is 11.9 Å². The Morgan fingerprint density at radius 1 is 1.10 bits per heavy atom. The Morgan fingerprint density at radius 2 is 1.90 bits per heavy atom. The lowest BCUT2D eigenvalue weighted by Gasteiger charge is -2.09. The molecular weight excluding hydrogens is 396 g/mol. The van der Waals surface area contributed by atoms with Crippen molar-refractivity contribution in [2.45, 2.75) is 6.61 Å². The molecule has 0 saturated heterocycles. The van der Waals surface area contributed by atoms with Gasteiger partial charge in [-0.05, 0) is 24.3 Å². The van der Waals surface area contributed by atoms with Crippen molar-refractivity contribution in [1.29, 1.82) is 0 Å². The molecule has 3 aromatic rings. The van der Waals surface area contributed by atoms with Crippen LogP contribution >= 0.6 is 11.6 Å². The second kappa shape index (κ2) is 9.56. The third-order valence-corrected chi connectivity index (χ3v) is 3.94. The van der Waals surface area contributed by atoms with Crippen molar-refractivity contribution in [2.75, 3.05) is 25.3 Å². The van der Waals surface area contributed by atoms with E-state index in [9.17, 15) is 0 Å². The lowest BCUT2D eigenvalue weighted by molar-refractivity contribution is 0.126. The molecule has 0 unspecified atom stereocenters. The number of nitrogens with two attached hydrogens (primary N) is 1. The maximum atomic E-state index is 6.17. The molecule has 0 saturated carbocycles. The van der Waals surface area contributed by atoms with Crippen LogP contribution in [-0.4, -0.2) is 35.4 Å². The molecule has 0 spiro atoms. The predicted octanol–water partition coefficient (Wildman–Crippen LogP) is 3.42. The number of hydrogen-bond acceptors (Lipinski definition) is 9. The Hall–Kier alpha value is -3.59. The van der Waals surface area contributed by atoms with Crippen LogP contribution in [0.2, 0.25) is 5.02 Å². The van der Waals surface area contributed by atoms with Gasteiger partial charge < -0.3 is 25.4 Å². The summed E-state index contributed by atoms with van der Waals surface area (Å²) in [6.45, 7) is 0.00765. The summed E-state index contributed by atoms with van der Waals surface area (Å²) >= 11 is 6.17. The molecule has 0 fully saturated rings. The summed E-state index contributed by atoms with van der Waals surface area (Å²) in [5.74, 6) is 1.67. The van der Waals surface area contributed by atoms with Crippen LogP contribution in [0, 0.1) is 0 Å². The molecule has 0 bridgehead atoms. The third-order valence-electron chi connectivity index (χ3n) is 3.65. The smallest absolute Gasteiger partial charge is 0.232 e. The van der Waals surface area contributed by atoms with Crippen LogP contribution in [0.5, 0.6) is 11.5 Å². The van der Waals surface area contributed by atoms with Crippen LogP contribution in [0.1, 0.15) is 11.4 Å². The van der Waals surface area contributed by atoms with Gasteiger partial charge in [0.15, 0.2) is 23.9 Å². The number of nitrogen functional groups attached to an aromatic ring is 1. The molecule has 0 radical (unpaired) electrons. The van der Waals surface area contributed by atoms with Crippen molar-refractivity contribution >= 4 is 35.4 Å². The van der Waals surface area contributed by atoms with Gasteiger partial charge in [-0.2, -0.15) is 15.0 Å². The second-order valence-electron chi connectivity index (χ2n) is 5.67. The number of halogens is 1. The monoisotopic (exact) mass is 414 g/mol. The summed E-state index contributed by atoms with van der Waals surface area (Å²) in [5, 5.41) is 7.36. The van der Waals surface area contributed by atoms with E-state index in [0.29, 0.717) is 33.9 Å². The fourth-order valence-electron chi connectivity index (χ4n) is 2.41. The second-order valence-corrected chi connectivity index (χ2v) is 6.08. The van der Waals surface area contributed by atoms with Gasteiger partial charge >= 0.3 is 0 Å². The molecule has 0 aliphatic heterocycles. The highest BCUT2D eigenvalue weighted by Gasteiger charge is 2.10. The predicted molar refractivity (Wildman–Crippen MR) is 111 cm³/mol. The van der Waals surface area contributed by atoms with Gasteiger partial charge in [0, 0.05) is 11.3 Å². The summed E-state index contributed by atoms with van der Waals surface area (Å²) in [4.78, 5) is 17.6. The van der Waals surface area contributed by atoms with Crippen molar-refractivity contribution in [3.8, 4) is 11.5 Å². The molecule has 150 valence electrons. The largest absolute Gasteiger partial charge is 0.493 e. The zero-order chi connectivity index (χ0) is 20.6. The minimum Gasteiger partial charge on any atom is -0.493 e. The number of aromatic nitrogens is 3. The van der Waals surface area contributed by atoms with E-state index in [0.717, 1.165) is 5.69 Å². The Morgan fingerprint density at radius 3 is 2.62 bits per heavy atom. The van der Waals surface area contributed by atoms with E-state index >= 15 is 0 Å². The molecule has 3 rings (SSSR count). The van der Waals surface area contributed by atoms with E-state index in [1.807, 2.05) is 30.3 Å². The Kier molecular flexibility index (Phi) is 6.64. The fraction of sp³-hybridized carbons (Fsp3) is 0.158. The van der Waals surface area contributed by atoms with E-state index in [1.54, 1.807) is 12.1 Å². The number of oxime groups is 1. The molecule has 10 heteroatoms. The van der Waals surface area contributed by atoms with E-state index in [1.165, 1.54) is 20.4 Å². The lowest BCUT2D eigenvalue weighted by atomic mass is 10.2. The number of nitrogens with one attached hydrogen (secondary N) is 1. The standard InChI is InChI=1S/C19H19ClN6O3/c1-27-15-9-12(8-14(20)17(15)28-2)10-22-29-11-16-24-18(21)26-19(25-16)23-13-6-4-3-5-7-13/h3-10H,11H2,1-2H3,(H3,21,23,24,25,26)/b22-10-. The highest BCUT2D eigenvalue weighted by Crippen LogP contribution is 2.35. The quantitative estimate of drug-likeness (QED) is 0.425. The minimum absolute atomic E-state index is 0.00765. The van der Waals surface area contributed by atoms with Gasteiger partial charge in [0.05, 0.1) is 25.5 Å². The van der Waals surface area contributed by atoms with Gasteiger partial charge in [-0.15, -0.1) is 0 Å². The first kappa shape index (κ1) is 20.2. The molecule has 1 aromatic heterocycles. The Bertz CT molecular complexity index is 1000. The van der Waals surface area contributed by atoms with Crippen molar-refractivity contribution in [2.24, 2.45) is 5.16 Å². The van der Waals surface area contributed by atoms with Gasteiger partial charge in [-0.3, -0.25) is 0 Å². The van der Waals surface area contributed by atoms with Gasteiger partial charge in [0.25, 0.3) is 0 Å². The molecule has 2 aromatic carbocycles. The number of rotatable bonds is 8. The number of anilines is 3. The Labute approximate surface area is 172 Å². The van der Waals surface area contributed by atoms with Crippen molar-refractivity contribution in [3.63, 3.8) is 0 Å². The first-order valence-electron chi connectivity index (χ1n) is 8.48. The topological polar surface area (TPSA) is 117 Å². The van der Waals surface area contributed by atoms with Crippen LogP contribution < -0.4 is 20.5 Å². The van der Waals surface area contributed by atoms with Crippen LogP contribution in [0.4, 0.5) is 17.6 Å². The molecule has 29 heavy (non-hydrogen) atoms. The van der Waals surface area contributed by atoms with Gasteiger partial charge in [-0.1, -0.05) is 35.0 Å². The van der Waals surface area contributed by atoms with Crippen LogP contribution in [0.25, 0.3) is 0 Å².